The van der Waals surface area contributed by atoms with Gasteiger partial charge in [-0.05, 0) is 54.3 Å². The van der Waals surface area contributed by atoms with Crippen molar-refractivity contribution < 1.29 is 9.59 Å². The molecule has 2 heterocycles. The first-order valence-electron chi connectivity index (χ1n) is 11.1. The number of nitrogens with zero attached hydrogens (tertiary/aromatic N) is 2. The van der Waals surface area contributed by atoms with Gasteiger partial charge in [-0.2, -0.15) is 0 Å². The summed E-state index contributed by atoms with van der Waals surface area (Å²) >= 11 is 0. The second kappa shape index (κ2) is 8.61. The molecule has 0 saturated carbocycles. The Morgan fingerprint density at radius 3 is 2.19 bits per heavy atom. The van der Waals surface area contributed by atoms with Crippen LogP contribution in [0.5, 0.6) is 0 Å². The van der Waals surface area contributed by atoms with Gasteiger partial charge in [0.15, 0.2) is 0 Å². The molecule has 164 valence electrons. The molecule has 1 unspecified atom stereocenters. The molecular weight excluding hydrogens is 388 g/mol. The van der Waals surface area contributed by atoms with Crippen molar-refractivity contribution in [3.05, 3.63) is 54.1 Å². The molecule has 0 spiro atoms. The van der Waals surface area contributed by atoms with E-state index in [2.05, 4.69) is 53.6 Å². The minimum absolute atomic E-state index is 0.0443. The lowest BCUT2D eigenvalue weighted by molar-refractivity contribution is -0.128. The Hall–Kier alpha value is -3.02. The van der Waals surface area contributed by atoms with E-state index in [1.165, 1.54) is 5.69 Å². The van der Waals surface area contributed by atoms with Gasteiger partial charge in [-0.25, -0.2) is 0 Å². The molecule has 2 saturated heterocycles. The number of likely N-dealkylation sites (tertiary alicyclic amines) is 1. The molecule has 0 bridgehead atoms. The van der Waals surface area contributed by atoms with Crippen LogP contribution in [-0.2, 0) is 16.1 Å². The summed E-state index contributed by atoms with van der Waals surface area (Å²) in [4.78, 5) is 28.3. The molecule has 2 amide bonds. The predicted octanol–water partition coefficient (Wildman–Crippen LogP) is 3.76. The second-order valence-electron chi connectivity index (χ2n) is 9.44. The lowest BCUT2D eigenvalue weighted by Crippen LogP contribution is -2.53. The third-order valence-corrected chi connectivity index (χ3v) is 6.15. The normalized spacial score (nSPS) is 19.8. The maximum absolute atomic E-state index is 12.4. The van der Waals surface area contributed by atoms with Gasteiger partial charge in [0.05, 0.1) is 5.92 Å². The highest BCUT2D eigenvalue weighted by atomic mass is 16.2. The van der Waals surface area contributed by atoms with E-state index in [1.807, 2.05) is 31.2 Å². The molecule has 0 aromatic heterocycles. The average molecular weight is 421 g/mol. The average Bonchev–Trinajstić information content (AvgIpc) is 3.12. The maximum Gasteiger partial charge on any atom is 0.225 e. The smallest absolute Gasteiger partial charge is 0.225 e. The van der Waals surface area contributed by atoms with E-state index < -0.39 is 0 Å². The van der Waals surface area contributed by atoms with Crippen molar-refractivity contribution in [2.75, 3.05) is 36.4 Å². The number of hydrogen-bond acceptors (Lipinski definition) is 4. The van der Waals surface area contributed by atoms with Gasteiger partial charge in [0.25, 0.3) is 0 Å². The molecule has 0 aliphatic carbocycles. The minimum Gasteiger partial charge on any atom is -0.370 e. The van der Waals surface area contributed by atoms with E-state index in [4.69, 9.17) is 0 Å². The van der Waals surface area contributed by atoms with Gasteiger partial charge >= 0.3 is 0 Å². The predicted molar refractivity (Wildman–Crippen MR) is 124 cm³/mol. The van der Waals surface area contributed by atoms with Gasteiger partial charge in [0.2, 0.25) is 11.8 Å². The molecule has 2 aliphatic heterocycles. The topological polar surface area (TPSA) is 64.7 Å². The van der Waals surface area contributed by atoms with Crippen LogP contribution in [0.3, 0.4) is 0 Å². The Morgan fingerprint density at radius 2 is 1.65 bits per heavy atom. The standard InChI is InChI=1S/C25H32N4O2/c1-4-28-15-19(13-23(28)30)24(31)26-14-18-5-7-20(8-6-18)27-21-9-11-22(12-10-21)29-16-25(2,3)17-29/h5-12,19,27H,4,13-17H2,1-3H3,(H,26,31). The minimum atomic E-state index is -0.237. The molecule has 2 N–H and O–H groups in total. The van der Waals surface area contributed by atoms with Gasteiger partial charge in [0, 0.05) is 56.2 Å². The van der Waals surface area contributed by atoms with E-state index in [0.717, 1.165) is 30.0 Å². The van der Waals surface area contributed by atoms with E-state index in [-0.39, 0.29) is 17.7 Å². The third-order valence-electron chi connectivity index (χ3n) is 6.15. The number of benzene rings is 2. The molecule has 6 heteroatoms. The van der Waals surface area contributed by atoms with Crippen LogP contribution >= 0.6 is 0 Å². The monoisotopic (exact) mass is 420 g/mol. The van der Waals surface area contributed by atoms with Crippen molar-refractivity contribution >= 4 is 28.9 Å². The van der Waals surface area contributed by atoms with Crippen molar-refractivity contribution in [1.82, 2.24) is 10.2 Å². The van der Waals surface area contributed by atoms with Gasteiger partial charge < -0.3 is 20.4 Å². The largest absolute Gasteiger partial charge is 0.370 e. The molecule has 31 heavy (non-hydrogen) atoms. The molecule has 2 aromatic carbocycles. The van der Waals surface area contributed by atoms with E-state index in [9.17, 15) is 9.59 Å². The number of anilines is 3. The van der Waals surface area contributed by atoms with E-state index in [1.54, 1.807) is 4.90 Å². The van der Waals surface area contributed by atoms with Gasteiger partial charge in [-0.3, -0.25) is 9.59 Å². The van der Waals surface area contributed by atoms with Crippen LogP contribution in [-0.4, -0.2) is 42.9 Å². The Balaban J connectivity index is 1.26. The van der Waals surface area contributed by atoms with Gasteiger partial charge in [0.1, 0.15) is 0 Å². The fourth-order valence-electron chi connectivity index (χ4n) is 4.38. The van der Waals surface area contributed by atoms with Gasteiger partial charge in [-0.15, -0.1) is 0 Å². The number of rotatable bonds is 7. The molecule has 2 aliphatic rings. The zero-order chi connectivity index (χ0) is 22.0. The molecule has 0 radical (unpaired) electrons. The van der Waals surface area contributed by atoms with Crippen LogP contribution in [0.25, 0.3) is 0 Å². The first-order valence-corrected chi connectivity index (χ1v) is 11.1. The van der Waals surface area contributed by atoms with Crippen LogP contribution in [0.2, 0.25) is 0 Å². The highest BCUT2D eigenvalue weighted by molar-refractivity contribution is 5.89. The summed E-state index contributed by atoms with van der Waals surface area (Å²) in [6.07, 6.45) is 0.316. The Morgan fingerprint density at radius 1 is 1.03 bits per heavy atom. The highest BCUT2D eigenvalue weighted by Gasteiger charge is 2.34. The Labute approximate surface area is 184 Å². The van der Waals surface area contributed by atoms with Crippen LogP contribution in [0.4, 0.5) is 17.1 Å². The van der Waals surface area contributed by atoms with E-state index >= 15 is 0 Å². The summed E-state index contributed by atoms with van der Waals surface area (Å²) in [5.74, 6) is -0.212. The number of nitrogens with one attached hydrogen (secondary N) is 2. The summed E-state index contributed by atoms with van der Waals surface area (Å²) < 4.78 is 0. The highest BCUT2D eigenvalue weighted by Crippen LogP contribution is 2.34. The number of carbonyl (C=O) groups excluding carboxylic acids is 2. The molecule has 2 fully saturated rings. The summed E-state index contributed by atoms with van der Waals surface area (Å²) in [5, 5.41) is 6.39. The third kappa shape index (κ3) is 5.01. The number of carbonyl (C=O) groups is 2. The summed E-state index contributed by atoms with van der Waals surface area (Å²) in [5.41, 5.74) is 4.78. The Kier molecular flexibility index (Phi) is 5.90. The van der Waals surface area contributed by atoms with Crippen molar-refractivity contribution in [2.24, 2.45) is 11.3 Å². The fraction of sp³-hybridized carbons (Fsp3) is 0.440. The van der Waals surface area contributed by atoms with Crippen molar-refractivity contribution in [2.45, 2.75) is 33.7 Å². The van der Waals surface area contributed by atoms with Crippen LogP contribution in [0.15, 0.2) is 48.5 Å². The Bertz CT molecular complexity index is 929. The SMILES string of the molecule is CCN1CC(C(=O)NCc2ccc(Nc3ccc(N4CC(C)(C)C4)cc3)cc2)CC1=O. The lowest BCUT2D eigenvalue weighted by Gasteiger charge is -2.47. The van der Waals surface area contributed by atoms with Gasteiger partial charge in [-0.1, -0.05) is 26.0 Å². The first kappa shape index (κ1) is 21.2. The molecule has 2 aromatic rings. The summed E-state index contributed by atoms with van der Waals surface area (Å²) in [6, 6.07) is 16.6. The number of amides is 2. The van der Waals surface area contributed by atoms with Crippen molar-refractivity contribution in [1.29, 1.82) is 0 Å². The zero-order valence-electron chi connectivity index (χ0n) is 18.6. The quantitative estimate of drug-likeness (QED) is 0.716. The first-order chi connectivity index (χ1) is 14.8. The number of hydrogen-bond donors (Lipinski definition) is 2. The molecule has 4 rings (SSSR count). The molecule has 6 nitrogen and oxygen atoms in total. The van der Waals surface area contributed by atoms with Crippen LogP contribution < -0.4 is 15.5 Å². The zero-order valence-corrected chi connectivity index (χ0v) is 18.6. The maximum atomic E-state index is 12.4. The molecule has 1 atom stereocenters. The molecular formula is C25H32N4O2. The van der Waals surface area contributed by atoms with E-state index in [0.29, 0.717) is 31.5 Å². The van der Waals surface area contributed by atoms with Crippen molar-refractivity contribution in [3.63, 3.8) is 0 Å². The van der Waals surface area contributed by atoms with Crippen LogP contribution in [0, 0.1) is 11.3 Å². The second-order valence-corrected chi connectivity index (χ2v) is 9.44. The summed E-state index contributed by atoms with van der Waals surface area (Å²) in [6.45, 7) is 10.4. The van der Waals surface area contributed by atoms with Crippen LogP contribution in [0.1, 0.15) is 32.8 Å². The van der Waals surface area contributed by atoms with Crippen molar-refractivity contribution in [3.8, 4) is 0 Å². The summed E-state index contributed by atoms with van der Waals surface area (Å²) in [7, 11) is 0. The fourth-order valence-corrected chi connectivity index (χ4v) is 4.38. The lowest BCUT2D eigenvalue weighted by atomic mass is 9.84.